The van der Waals surface area contributed by atoms with E-state index in [0.717, 1.165) is 49.9 Å². The van der Waals surface area contributed by atoms with Gasteiger partial charge in [-0.3, -0.25) is 0 Å². The van der Waals surface area contributed by atoms with Crippen molar-refractivity contribution >= 4 is 0 Å². The number of aliphatic hydroxyl groups is 2. The Bertz CT molecular complexity index is 365. The molecule has 0 fully saturated rings. The Labute approximate surface area is 135 Å². The van der Waals surface area contributed by atoms with E-state index in [9.17, 15) is 10.2 Å². The zero-order valence-corrected chi connectivity index (χ0v) is 14.5. The van der Waals surface area contributed by atoms with Crippen molar-refractivity contribution in [3.8, 4) is 0 Å². The highest BCUT2D eigenvalue weighted by atomic mass is 16.3. The average molecular weight is 308 g/mol. The third kappa shape index (κ3) is 7.36. The fraction of sp³-hybridized carbons (Fsp3) is 0.667. The number of rotatable bonds is 10. The van der Waals surface area contributed by atoms with Crippen molar-refractivity contribution in [3.63, 3.8) is 0 Å². The lowest BCUT2D eigenvalue weighted by atomic mass is 9.99. The van der Waals surface area contributed by atoms with Crippen molar-refractivity contribution in [2.75, 3.05) is 41.3 Å². The van der Waals surface area contributed by atoms with E-state index in [-0.39, 0.29) is 0 Å². The molecular formula is C18H32N2O2. The summed E-state index contributed by atoms with van der Waals surface area (Å²) in [4.78, 5) is 4.25. The van der Waals surface area contributed by atoms with E-state index < -0.39 is 12.2 Å². The minimum atomic E-state index is -0.417. The third-order valence-corrected chi connectivity index (χ3v) is 3.87. The van der Waals surface area contributed by atoms with Crippen molar-refractivity contribution in [2.45, 2.75) is 37.9 Å². The largest absolute Gasteiger partial charge is 0.388 e. The Morgan fingerprint density at radius 1 is 0.727 bits per heavy atom. The molecule has 0 aliphatic rings. The van der Waals surface area contributed by atoms with Crippen molar-refractivity contribution in [1.82, 2.24) is 9.80 Å². The van der Waals surface area contributed by atoms with Gasteiger partial charge in [0, 0.05) is 0 Å². The van der Waals surface area contributed by atoms with Crippen LogP contribution in [0.1, 0.15) is 49.0 Å². The maximum atomic E-state index is 10.2. The molecule has 0 amide bonds. The number of hydrogen-bond acceptors (Lipinski definition) is 4. The molecule has 0 saturated carbocycles. The van der Waals surface area contributed by atoms with E-state index in [2.05, 4.69) is 9.80 Å². The lowest BCUT2D eigenvalue weighted by molar-refractivity contribution is 0.156. The van der Waals surface area contributed by atoms with Gasteiger partial charge in [0.1, 0.15) is 0 Å². The molecule has 4 nitrogen and oxygen atoms in total. The van der Waals surface area contributed by atoms with E-state index in [0.29, 0.717) is 0 Å². The molecule has 1 rings (SSSR count). The predicted molar refractivity (Wildman–Crippen MR) is 91.9 cm³/mol. The summed E-state index contributed by atoms with van der Waals surface area (Å²) >= 11 is 0. The lowest BCUT2D eigenvalue weighted by Crippen LogP contribution is -2.14. The van der Waals surface area contributed by atoms with Gasteiger partial charge in [-0.25, -0.2) is 0 Å². The van der Waals surface area contributed by atoms with Crippen molar-refractivity contribution in [1.29, 1.82) is 0 Å². The van der Waals surface area contributed by atoms with Crippen LogP contribution in [0.4, 0.5) is 0 Å². The first-order valence-corrected chi connectivity index (χ1v) is 8.15. The fourth-order valence-electron chi connectivity index (χ4n) is 2.48. The summed E-state index contributed by atoms with van der Waals surface area (Å²) in [6.07, 6.45) is 2.65. The van der Waals surface area contributed by atoms with Crippen LogP contribution in [0.3, 0.4) is 0 Å². The minimum absolute atomic E-state index is 0.417. The van der Waals surface area contributed by atoms with Gasteiger partial charge < -0.3 is 20.0 Å². The van der Waals surface area contributed by atoms with Gasteiger partial charge in [-0.1, -0.05) is 24.3 Å². The summed E-state index contributed by atoms with van der Waals surface area (Å²) in [7, 11) is 8.16. The fourth-order valence-corrected chi connectivity index (χ4v) is 2.48. The standard InChI is InChI=1S/C18H32N2O2/c1-19(2)13-5-7-17(21)15-9-11-16(12-10-15)18(22)8-6-14-20(3)4/h9-12,17-18,21-22H,5-8,13-14H2,1-4H3. The highest BCUT2D eigenvalue weighted by Gasteiger charge is 2.11. The SMILES string of the molecule is CN(C)CCCC(O)c1ccc(C(O)CCCN(C)C)cc1. The molecule has 1 aromatic carbocycles. The van der Waals surface area contributed by atoms with Crippen LogP contribution in [0.15, 0.2) is 24.3 Å². The molecule has 2 N–H and O–H groups in total. The summed E-state index contributed by atoms with van der Waals surface area (Å²) in [5.41, 5.74) is 1.87. The number of benzene rings is 1. The Kier molecular flexibility index (Phi) is 8.64. The molecule has 1 aromatic rings. The van der Waals surface area contributed by atoms with Gasteiger partial charge in [0.05, 0.1) is 12.2 Å². The highest BCUT2D eigenvalue weighted by molar-refractivity contribution is 5.25. The first-order valence-electron chi connectivity index (χ1n) is 8.15. The van der Waals surface area contributed by atoms with Crippen molar-refractivity contribution in [2.24, 2.45) is 0 Å². The van der Waals surface area contributed by atoms with Crippen LogP contribution >= 0.6 is 0 Å². The molecule has 0 aromatic heterocycles. The Morgan fingerprint density at radius 3 is 1.32 bits per heavy atom. The van der Waals surface area contributed by atoms with Gasteiger partial charge in [-0.15, -0.1) is 0 Å². The molecule has 0 spiro atoms. The molecule has 2 atom stereocenters. The number of nitrogens with zero attached hydrogens (tertiary/aromatic N) is 2. The first-order chi connectivity index (χ1) is 10.4. The first kappa shape index (κ1) is 19.1. The van der Waals surface area contributed by atoms with Crippen LogP contribution < -0.4 is 0 Å². The van der Waals surface area contributed by atoms with E-state index >= 15 is 0 Å². The summed E-state index contributed by atoms with van der Waals surface area (Å²) in [5.74, 6) is 0. The monoisotopic (exact) mass is 308 g/mol. The molecular weight excluding hydrogens is 276 g/mol. The van der Waals surface area contributed by atoms with Gasteiger partial charge in [0.2, 0.25) is 0 Å². The van der Waals surface area contributed by atoms with Gasteiger partial charge in [0.25, 0.3) is 0 Å². The van der Waals surface area contributed by atoms with E-state index in [1.807, 2.05) is 52.5 Å². The van der Waals surface area contributed by atoms with Gasteiger partial charge in [-0.2, -0.15) is 0 Å². The summed E-state index contributed by atoms with van der Waals surface area (Å²) in [5, 5.41) is 20.4. The topological polar surface area (TPSA) is 46.9 Å². The summed E-state index contributed by atoms with van der Waals surface area (Å²) < 4.78 is 0. The Hall–Kier alpha value is -0.940. The average Bonchev–Trinajstić information content (AvgIpc) is 2.46. The molecule has 0 bridgehead atoms. The second kappa shape index (κ2) is 9.95. The summed E-state index contributed by atoms with van der Waals surface area (Å²) in [6, 6.07) is 7.74. The molecule has 22 heavy (non-hydrogen) atoms. The van der Waals surface area contributed by atoms with E-state index in [1.165, 1.54) is 0 Å². The van der Waals surface area contributed by atoms with Gasteiger partial charge in [-0.05, 0) is 78.1 Å². The van der Waals surface area contributed by atoms with E-state index in [1.54, 1.807) is 0 Å². The quantitative estimate of drug-likeness (QED) is 0.697. The maximum Gasteiger partial charge on any atom is 0.0790 e. The number of aliphatic hydroxyl groups excluding tert-OH is 2. The zero-order valence-electron chi connectivity index (χ0n) is 14.5. The minimum Gasteiger partial charge on any atom is -0.388 e. The molecule has 0 aliphatic carbocycles. The zero-order chi connectivity index (χ0) is 16.5. The highest BCUT2D eigenvalue weighted by Crippen LogP contribution is 2.23. The lowest BCUT2D eigenvalue weighted by Gasteiger charge is -2.16. The second-order valence-corrected chi connectivity index (χ2v) is 6.59. The molecule has 2 unspecified atom stereocenters. The molecule has 0 saturated heterocycles. The maximum absolute atomic E-state index is 10.2. The normalized spacial score (nSPS) is 14.5. The van der Waals surface area contributed by atoms with Crippen LogP contribution in [0, 0.1) is 0 Å². The van der Waals surface area contributed by atoms with Crippen LogP contribution in [0.2, 0.25) is 0 Å². The van der Waals surface area contributed by atoms with Crippen molar-refractivity contribution in [3.05, 3.63) is 35.4 Å². The number of hydrogen-bond donors (Lipinski definition) is 2. The molecule has 4 heteroatoms. The van der Waals surface area contributed by atoms with E-state index in [4.69, 9.17) is 0 Å². The van der Waals surface area contributed by atoms with Crippen LogP contribution in [0.25, 0.3) is 0 Å². The van der Waals surface area contributed by atoms with Gasteiger partial charge in [0.15, 0.2) is 0 Å². The summed E-state index contributed by atoms with van der Waals surface area (Å²) in [6.45, 7) is 1.97. The van der Waals surface area contributed by atoms with Crippen LogP contribution in [-0.2, 0) is 0 Å². The third-order valence-electron chi connectivity index (χ3n) is 3.87. The molecule has 0 radical (unpaired) electrons. The Balaban J connectivity index is 2.44. The van der Waals surface area contributed by atoms with Crippen LogP contribution in [-0.4, -0.2) is 61.3 Å². The van der Waals surface area contributed by atoms with Crippen LogP contribution in [0.5, 0.6) is 0 Å². The molecule has 0 heterocycles. The van der Waals surface area contributed by atoms with Gasteiger partial charge >= 0.3 is 0 Å². The predicted octanol–water partition coefficient (Wildman–Crippen LogP) is 2.44. The molecule has 126 valence electrons. The second-order valence-electron chi connectivity index (χ2n) is 6.59. The van der Waals surface area contributed by atoms with Crippen molar-refractivity contribution < 1.29 is 10.2 Å². The Morgan fingerprint density at radius 2 is 1.05 bits per heavy atom. The smallest absolute Gasteiger partial charge is 0.0790 e. The molecule has 0 aliphatic heterocycles.